The smallest absolute Gasteiger partial charge is 0.408 e. The number of fused-ring (bicyclic) bond motifs is 3. The number of hydrogen-bond acceptors (Lipinski definition) is 12. The van der Waals surface area contributed by atoms with Gasteiger partial charge in [-0.1, -0.05) is 48.3 Å². The molecular weight excluding hydrogens is 701 g/mol. The Morgan fingerprint density at radius 1 is 1.06 bits per heavy atom. The molecular formula is C36H42N10O6S. The Morgan fingerprint density at radius 3 is 2.60 bits per heavy atom. The average Bonchev–Trinajstić information content (AvgIpc) is 3.62. The molecule has 2 aliphatic heterocycles. The van der Waals surface area contributed by atoms with E-state index in [1.165, 1.54) is 16.2 Å². The number of allylic oxidation sites excluding steroid dienone is 1. The van der Waals surface area contributed by atoms with Gasteiger partial charge in [-0.25, -0.2) is 14.8 Å². The monoisotopic (exact) mass is 742 g/mol. The number of aromatic nitrogens is 6. The number of anilines is 1. The molecule has 5 heterocycles. The zero-order valence-electron chi connectivity index (χ0n) is 29.7. The first kappa shape index (κ1) is 35.9. The number of aromatic amines is 1. The number of nitrogens with one attached hydrogen (secondary N) is 4. The number of carbonyl (C=O) groups excluding carboxylic acids is 4. The largest absolute Gasteiger partial charge is 0.471 e. The molecule has 1 aromatic carbocycles. The van der Waals surface area contributed by atoms with Gasteiger partial charge < -0.3 is 25.0 Å². The second-order valence-corrected chi connectivity index (χ2v) is 15.5. The number of tetrazole rings is 1. The quantitative estimate of drug-likeness (QED) is 0.207. The molecule has 1 aliphatic carbocycles. The van der Waals surface area contributed by atoms with E-state index in [-0.39, 0.29) is 30.7 Å². The van der Waals surface area contributed by atoms with Crippen molar-refractivity contribution in [2.45, 2.75) is 95.0 Å². The fourth-order valence-electron chi connectivity index (χ4n) is 6.84. The summed E-state index contributed by atoms with van der Waals surface area (Å²) < 4.78 is 12.1. The maximum atomic E-state index is 14.5. The molecule has 0 radical (unpaired) electrons. The van der Waals surface area contributed by atoms with Gasteiger partial charge in [0, 0.05) is 12.3 Å². The van der Waals surface area contributed by atoms with Crippen LogP contribution in [0.1, 0.15) is 65.7 Å². The Hall–Kier alpha value is -5.45. The second-order valence-electron chi connectivity index (χ2n) is 14.6. The first-order valence-electron chi connectivity index (χ1n) is 17.8. The van der Waals surface area contributed by atoms with Crippen molar-refractivity contribution in [2.24, 2.45) is 5.92 Å². The Morgan fingerprint density at radius 2 is 1.87 bits per heavy atom. The molecule has 2 fully saturated rings. The summed E-state index contributed by atoms with van der Waals surface area (Å²) in [5, 5.41) is 23.8. The van der Waals surface area contributed by atoms with Crippen LogP contribution in [0.3, 0.4) is 0 Å². The van der Waals surface area contributed by atoms with Crippen LogP contribution >= 0.6 is 11.3 Å². The van der Waals surface area contributed by atoms with Crippen LogP contribution in [0.15, 0.2) is 53.9 Å². The standard InChI is InChI=1S/C36H42N10O6S/c1-35(2,3)52-34(50)39-25-15-8-6-4-5-7-12-21-19-36(21,32(49)40-33-42-44-45-43-33)41-29(47)26-18-22(20-46(26)31(25)48)51-30-28(27-16-11-17-53-27)37-23-13-9-10-14-24(23)38-30/h7,9-14,16-17,21-22,25-26H,4-6,8,15,18-20H2,1-3H3,(H,39,50)(H,41,47)(H2,40,42,43,44,45,49)/b12-7-/t21?,22-,25+,26+,36-/m1/s1. The van der Waals surface area contributed by atoms with Crippen molar-refractivity contribution < 1.29 is 28.7 Å². The number of nitrogens with zero attached hydrogens (tertiary/aromatic N) is 6. The topological polar surface area (TPSA) is 206 Å². The lowest BCUT2D eigenvalue weighted by molar-refractivity contribution is -0.141. The zero-order chi connectivity index (χ0) is 37.2. The van der Waals surface area contributed by atoms with Crippen LogP contribution in [0.25, 0.3) is 21.6 Å². The highest BCUT2D eigenvalue weighted by Gasteiger charge is 2.61. The fourth-order valence-corrected chi connectivity index (χ4v) is 7.55. The fraction of sp³-hybridized carbons (Fsp3) is 0.472. The number of amides is 4. The summed E-state index contributed by atoms with van der Waals surface area (Å²) in [7, 11) is 0. The lowest BCUT2D eigenvalue weighted by atomic mass is 10.0. The first-order chi connectivity index (χ1) is 25.5. The number of thiophene rings is 1. The van der Waals surface area contributed by atoms with E-state index in [9.17, 15) is 19.2 Å². The molecule has 7 rings (SSSR count). The molecule has 1 saturated carbocycles. The Kier molecular flexibility index (Phi) is 10.1. The highest BCUT2D eigenvalue weighted by molar-refractivity contribution is 7.13. The minimum Gasteiger partial charge on any atom is -0.471 e. The SMILES string of the molecule is CC(C)(C)OC(=O)N[C@H]1CCCCC/C=C\C2C[C@@]2(C(=O)Nc2nn[nH]n2)NC(=O)[C@@H]2C[C@@H](Oc3nc4ccccc4nc3-c3cccs3)CN2C1=O. The lowest BCUT2D eigenvalue weighted by Gasteiger charge is -2.30. The predicted molar refractivity (Wildman–Crippen MR) is 195 cm³/mol. The minimum atomic E-state index is -1.30. The molecule has 0 spiro atoms. The number of H-pyrrole nitrogens is 1. The highest BCUT2D eigenvalue weighted by atomic mass is 32.1. The van der Waals surface area contributed by atoms with E-state index in [0.717, 1.165) is 24.1 Å². The molecule has 17 heteroatoms. The number of benzene rings is 1. The summed E-state index contributed by atoms with van der Waals surface area (Å²) in [6.45, 7) is 5.26. The van der Waals surface area contributed by atoms with Crippen LogP contribution in [0.5, 0.6) is 5.88 Å². The van der Waals surface area contributed by atoms with Gasteiger partial charge in [0.15, 0.2) is 0 Å². The molecule has 4 aromatic rings. The van der Waals surface area contributed by atoms with Gasteiger partial charge in [-0.3, -0.25) is 19.7 Å². The number of ether oxygens (including phenoxy) is 2. The van der Waals surface area contributed by atoms with Crippen molar-refractivity contribution in [1.29, 1.82) is 0 Å². The summed E-state index contributed by atoms with van der Waals surface area (Å²) in [5.74, 6) is -1.51. The average molecular weight is 743 g/mol. The number of hydrogen-bond donors (Lipinski definition) is 4. The number of alkyl carbamates (subject to hydrolysis) is 1. The van der Waals surface area contributed by atoms with Gasteiger partial charge >= 0.3 is 6.09 Å². The van der Waals surface area contributed by atoms with E-state index in [4.69, 9.17) is 19.4 Å². The third-order valence-corrected chi connectivity index (χ3v) is 10.4. The van der Waals surface area contributed by atoms with Crippen LogP contribution in [0.4, 0.5) is 10.7 Å². The van der Waals surface area contributed by atoms with Crippen molar-refractivity contribution in [3.63, 3.8) is 0 Å². The van der Waals surface area contributed by atoms with Gasteiger partial charge in [0.05, 0.1) is 22.5 Å². The second kappa shape index (κ2) is 14.9. The lowest BCUT2D eigenvalue weighted by Crippen LogP contribution is -2.57. The third-order valence-electron chi connectivity index (χ3n) is 9.48. The van der Waals surface area contributed by atoms with Crippen molar-refractivity contribution >= 4 is 52.1 Å². The van der Waals surface area contributed by atoms with Crippen LogP contribution in [0.2, 0.25) is 0 Å². The molecule has 5 atom stereocenters. The molecule has 0 bridgehead atoms. The molecule has 4 amide bonds. The van der Waals surface area contributed by atoms with Gasteiger partial charge in [-0.2, -0.15) is 5.21 Å². The third kappa shape index (κ3) is 8.14. The molecule has 1 unspecified atom stereocenters. The molecule has 278 valence electrons. The van der Waals surface area contributed by atoms with Gasteiger partial charge in [0.2, 0.25) is 17.7 Å². The molecule has 1 saturated heterocycles. The summed E-state index contributed by atoms with van der Waals surface area (Å²) >= 11 is 1.49. The van der Waals surface area contributed by atoms with Crippen molar-refractivity contribution in [1.82, 2.24) is 46.1 Å². The number of para-hydroxylation sites is 2. The molecule has 3 aliphatic rings. The Labute approximate surface area is 309 Å². The van der Waals surface area contributed by atoms with E-state index in [0.29, 0.717) is 36.0 Å². The maximum Gasteiger partial charge on any atom is 0.408 e. The number of carbonyl (C=O) groups is 4. The predicted octanol–water partition coefficient (Wildman–Crippen LogP) is 4.15. The molecule has 53 heavy (non-hydrogen) atoms. The molecule has 16 nitrogen and oxygen atoms in total. The van der Waals surface area contributed by atoms with Crippen molar-refractivity contribution in [3.05, 3.63) is 53.9 Å². The Balaban J connectivity index is 1.21. The summed E-state index contributed by atoms with van der Waals surface area (Å²) in [6.07, 6.45) is 6.40. The molecule has 4 N–H and O–H groups in total. The van der Waals surface area contributed by atoms with Gasteiger partial charge in [-0.05, 0) is 75.2 Å². The minimum absolute atomic E-state index is 0.0210. The normalized spacial score (nSPS) is 25.6. The summed E-state index contributed by atoms with van der Waals surface area (Å²) in [4.78, 5) is 67.6. The van der Waals surface area contributed by atoms with E-state index < -0.39 is 53.1 Å². The maximum absolute atomic E-state index is 14.5. The first-order valence-corrected chi connectivity index (χ1v) is 18.7. The zero-order valence-corrected chi connectivity index (χ0v) is 30.5. The molecule has 3 aromatic heterocycles. The summed E-state index contributed by atoms with van der Waals surface area (Å²) in [6, 6.07) is 9.31. The number of rotatable bonds is 6. The summed E-state index contributed by atoms with van der Waals surface area (Å²) in [5.41, 5.74) is -0.203. The highest BCUT2D eigenvalue weighted by Crippen LogP contribution is 2.46. The van der Waals surface area contributed by atoms with E-state index in [2.05, 4.69) is 36.6 Å². The Bertz CT molecular complexity index is 2000. The van der Waals surface area contributed by atoms with Crippen LogP contribution in [-0.4, -0.2) is 95.2 Å². The van der Waals surface area contributed by atoms with Crippen LogP contribution in [0, 0.1) is 5.92 Å². The van der Waals surface area contributed by atoms with Crippen molar-refractivity contribution in [2.75, 3.05) is 11.9 Å². The van der Waals surface area contributed by atoms with E-state index in [1.807, 2.05) is 53.9 Å². The van der Waals surface area contributed by atoms with E-state index >= 15 is 0 Å². The van der Waals surface area contributed by atoms with Gasteiger partial charge in [-0.15, -0.1) is 16.4 Å². The van der Waals surface area contributed by atoms with Gasteiger partial charge in [0.25, 0.3) is 11.9 Å². The van der Waals surface area contributed by atoms with Crippen LogP contribution < -0.4 is 20.7 Å². The van der Waals surface area contributed by atoms with Crippen molar-refractivity contribution in [3.8, 4) is 16.5 Å². The van der Waals surface area contributed by atoms with Gasteiger partial charge in [0.1, 0.15) is 35.0 Å². The van der Waals surface area contributed by atoms with E-state index in [1.54, 1.807) is 20.8 Å². The van der Waals surface area contributed by atoms with Crippen LogP contribution in [-0.2, 0) is 19.1 Å².